The first kappa shape index (κ1) is 24.9. The number of carbonyl (C=O) groups is 1. The molecule has 0 atom stereocenters. The Bertz CT molecular complexity index is 1180. The van der Waals surface area contributed by atoms with Gasteiger partial charge in [0, 0.05) is 48.0 Å². The Kier molecular flexibility index (Phi) is 7.27. The van der Waals surface area contributed by atoms with Crippen molar-refractivity contribution in [3.05, 3.63) is 64.8 Å². The van der Waals surface area contributed by atoms with Crippen LogP contribution < -0.4 is 4.90 Å². The molecular formula is C23H22ClF4N5O2. The highest BCUT2D eigenvalue weighted by molar-refractivity contribution is 6.30. The Hall–Kier alpha value is -3.18. The number of piperazine rings is 1. The van der Waals surface area contributed by atoms with Crippen molar-refractivity contribution in [2.24, 2.45) is 0 Å². The first-order valence-corrected chi connectivity index (χ1v) is 11.3. The van der Waals surface area contributed by atoms with Crippen LogP contribution in [0.2, 0.25) is 5.02 Å². The van der Waals surface area contributed by atoms with Crippen molar-refractivity contribution in [1.29, 1.82) is 0 Å². The lowest BCUT2D eigenvalue weighted by atomic mass is 10.1. The van der Waals surface area contributed by atoms with Gasteiger partial charge in [0.1, 0.15) is 5.82 Å². The van der Waals surface area contributed by atoms with E-state index in [1.54, 1.807) is 29.2 Å². The van der Waals surface area contributed by atoms with Crippen LogP contribution in [0.1, 0.15) is 18.4 Å². The summed E-state index contributed by atoms with van der Waals surface area (Å²) >= 11 is 6.00. The van der Waals surface area contributed by atoms with E-state index in [9.17, 15) is 18.0 Å². The highest BCUT2D eigenvalue weighted by atomic mass is 35.5. The van der Waals surface area contributed by atoms with E-state index in [1.165, 1.54) is 17.0 Å². The molecule has 1 aromatic heterocycles. The third-order valence-corrected chi connectivity index (χ3v) is 6.01. The van der Waals surface area contributed by atoms with Gasteiger partial charge in [-0.15, -0.1) is 10.2 Å². The van der Waals surface area contributed by atoms with Crippen LogP contribution in [0.15, 0.2) is 46.9 Å². The minimum Gasteiger partial charge on any atom is -0.413 e. The summed E-state index contributed by atoms with van der Waals surface area (Å²) in [6.45, 7) is 5.41. The molecule has 2 heterocycles. The zero-order chi connectivity index (χ0) is 25.2. The summed E-state index contributed by atoms with van der Waals surface area (Å²) in [5.74, 6) is -2.70. The SMILES string of the molecule is CCN1CCN(C(=O)N(Cc2ccc(-c3nnc(C(F)(F)F)o3)cc2F)c2ccc(Cl)cc2)CC1. The van der Waals surface area contributed by atoms with Crippen LogP contribution in [0.3, 0.4) is 0 Å². The first-order valence-electron chi connectivity index (χ1n) is 10.9. The van der Waals surface area contributed by atoms with E-state index < -0.39 is 23.8 Å². The molecular weight excluding hydrogens is 490 g/mol. The van der Waals surface area contributed by atoms with E-state index in [1.807, 2.05) is 0 Å². The number of nitrogens with zero attached hydrogens (tertiary/aromatic N) is 5. The Morgan fingerprint density at radius 2 is 1.77 bits per heavy atom. The second kappa shape index (κ2) is 10.2. The molecule has 2 aromatic carbocycles. The Balaban J connectivity index is 1.58. The number of halogens is 5. The highest BCUT2D eigenvalue weighted by Gasteiger charge is 2.38. The molecule has 186 valence electrons. The van der Waals surface area contributed by atoms with Gasteiger partial charge in [-0.3, -0.25) is 4.90 Å². The number of urea groups is 1. The molecule has 1 saturated heterocycles. The Morgan fingerprint density at radius 3 is 2.34 bits per heavy atom. The summed E-state index contributed by atoms with van der Waals surface area (Å²) in [6, 6.07) is 10.1. The molecule has 0 aliphatic carbocycles. The van der Waals surface area contributed by atoms with Crippen molar-refractivity contribution in [3.63, 3.8) is 0 Å². The van der Waals surface area contributed by atoms with E-state index >= 15 is 4.39 Å². The number of hydrogen-bond acceptors (Lipinski definition) is 5. The van der Waals surface area contributed by atoms with Crippen molar-refractivity contribution < 1.29 is 26.8 Å². The minimum absolute atomic E-state index is 0.00527. The summed E-state index contributed by atoms with van der Waals surface area (Å²) in [5.41, 5.74) is 0.696. The van der Waals surface area contributed by atoms with E-state index in [-0.39, 0.29) is 23.7 Å². The van der Waals surface area contributed by atoms with Gasteiger partial charge in [0.05, 0.1) is 6.54 Å². The molecule has 1 fully saturated rings. The summed E-state index contributed by atoms with van der Waals surface area (Å²) in [6.07, 6.45) is -4.80. The fourth-order valence-corrected chi connectivity index (χ4v) is 3.88. The minimum atomic E-state index is -4.80. The molecule has 0 N–H and O–H groups in total. The predicted molar refractivity (Wildman–Crippen MR) is 121 cm³/mol. The van der Waals surface area contributed by atoms with E-state index in [4.69, 9.17) is 11.6 Å². The molecule has 7 nitrogen and oxygen atoms in total. The van der Waals surface area contributed by atoms with Crippen molar-refractivity contribution >= 4 is 23.3 Å². The smallest absolute Gasteiger partial charge is 0.413 e. The molecule has 0 radical (unpaired) electrons. The van der Waals surface area contributed by atoms with E-state index in [0.29, 0.717) is 23.8 Å². The molecule has 3 aromatic rings. The van der Waals surface area contributed by atoms with Gasteiger partial charge in [-0.2, -0.15) is 13.2 Å². The molecule has 0 unspecified atom stereocenters. The summed E-state index contributed by atoms with van der Waals surface area (Å²) < 4.78 is 57.9. The fraction of sp³-hybridized carbons (Fsp3) is 0.348. The number of hydrogen-bond donors (Lipinski definition) is 0. The standard InChI is InChI=1S/C23H22ClF4N5O2/c1-2-31-9-11-32(12-10-31)22(34)33(18-7-5-17(24)6-8-18)14-16-4-3-15(13-19(16)25)20-29-30-21(35-20)23(26,27)28/h3-8,13H,2,9-12,14H2,1H3. The molecule has 0 bridgehead atoms. The van der Waals surface area contributed by atoms with Gasteiger partial charge >= 0.3 is 18.1 Å². The van der Waals surface area contributed by atoms with Crippen LogP contribution in [-0.4, -0.2) is 58.8 Å². The van der Waals surface area contributed by atoms with Crippen LogP contribution in [0.5, 0.6) is 0 Å². The maximum absolute atomic E-state index is 15.0. The number of amides is 2. The number of aromatic nitrogens is 2. The fourth-order valence-electron chi connectivity index (χ4n) is 3.75. The molecule has 12 heteroatoms. The third kappa shape index (κ3) is 5.73. The third-order valence-electron chi connectivity index (χ3n) is 5.76. The number of carbonyl (C=O) groups excluding carboxylic acids is 1. The molecule has 2 amide bonds. The molecule has 35 heavy (non-hydrogen) atoms. The maximum atomic E-state index is 15.0. The second-order valence-electron chi connectivity index (χ2n) is 7.98. The molecule has 0 saturated carbocycles. The van der Waals surface area contributed by atoms with Gasteiger partial charge in [0.2, 0.25) is 5.89 Å². The average Bonchev–Trinajstić information content (AvgIpc) is 3.35. The van der Waals surface area contributed by atoms with Crippen LogP contribution in [0.25, 0.3) is 11.5 Å². The van der Waals surface area contributed by atoms with Crippen molar-refractivity contribution in [2.45, 2.75) is 19.6 Å². The van der Waals surface area contributed by atoms with E-state index in [2.05, 4.69) is 26.4 Å². The lowest BCUT2D eigenvalue weighted by Crippen LogP contribution is -2.52. The Labute approximate surface area is 203 Å². The van der Waals surface area contributed by atoms with Gasteiger partial charge in [0.25, 0.3) is 0 Å². The number of likely N-dealkylation sites (N-methyl/N-ethyl adjacent to an activating group) is 1. The second-order valence-corrected chi connectivity index (χ2v) is 8.42. The molecule has 0 spiro atoms. The van der Waals surface area contributed by atoms with Crippen molar-refractivity contribution in [2.75, 3.05) is 37.6 Å². The topological polar surface area (TPSA) is 65.7 Å². The number of rotatable bonds is 5. The highest BCUT2D eigenvalue weighted by Crippen LogP contribution is 2.31. The van der Waals surface area contributed by atoms with Crippen LogP contribution >= 0.6 is 11.6 Å². The van der Waals surface area contributed by atoms with Crippen LogP contribution in [0.4, 0.5) is 28.0 Å². The zero-order valence-corrected chi connectivity index (χ0v) is 19.5. The van der Waals surface area contributed by atoms with Crippen molar-refractivity contribution in [1.82, 2.24) is 20.0 Å². The van der Waals surface area contributed by atoms with Gasteiger partial charge < -0.3 is 14.2 Å². The normalized spacial score (nSPS) is 14.9. The van der Waals surface area contributed by atoms with Gasteiger partial charge in [0.15, 0.2) is 0 Å². The van der Waals surface area contributed by atoms with Gasteiger partial charge in [-0.1, -0.05) is 24.6 Å². The van der Waals surface area contributed by atoms with E-state index in [0.717, 1.165) is 25.7 Å². The summed E-state index contributed by atoms with van der Waals surface area (Å²) in [4.78, 5) is 18.8. The number of anilines is 1. The molecule has 1 aliphatic rings. The van der Waals surface area contributed by atoms with Crippen LogP contribution in [-0.2, 0) is 12.7 Å². The Morgan fingerprint density at radius 1 is 1.09 bits per heavy atom. The van der Waals surface area contributed by atoms with Gasteiger partial charge in [-0.25, -0.2) is 9.18 Å². The summed E-state index contributed by atoms with van der Waals surface area (Å²) in [7, 11) is 0. The summed E-state index contributed by atoms with van der Waals surface area (Å²) in [5, 5.41) is 6.80. The lowest BCUT2D eigenvalue weighted by Gasteiger charge is -2.37. The first-order chi connectivity index (χ1) is 16.7. The van der Waals surface area contributed by atoms with Crippen molar-refractivity contribution in [3.8, 4) is 11.5 Å². The molecule has 4 rings (SSSR count). The lowest BCUT2D eigenvalue weighted by molar-refractivity contribution is -0.156. The maximum Gasteiger partial charge on any atom is 0.470 e. The predicted octanol–water partition coefficient (Wildman–Crippen LogP) is 5.31. The molecule has 1 aliphatic heterocycles. The largest absolute Gasteiger partial charge is 0.470 e. The zero-order valence-electron chi connectivity index (χ0n) is 18.7. The average molecular weight is 512 g/mol. The van der Waals surface area contributed by atoms with Gasteiger partial charge in [-0.05, 0) is 42.9 Å². The quantitative estimate of drug-likeness (QED) is 0.434. The monoisotopic (exact) mass is 511 g/mol. The number of benzene rings is 2. The number of alkyl halides is 3. The van der Waals surface area contributed by atoms with Crippen LogP contribution in [0, 0.1) is 5.82 Å².